The van der Waals surface area contributed by atoms with E-state index >= 15 is 0 Å². The summed E-state index contributed by atoms with van der Waals surface area (Å²) >= 11 is 0. The van der Waals surface area contributed by atoms with Gasteiger partial charge in [-0.15, -0.1) is 0 Å². The molecule has 1 atom stereocenters. The number of aliphatic hydroxyl groups is 1. The minimum Gasteiger partial charge on any atom is -0.383 e. The Bertz CT molecular complexity index is 716. The highest BCUT2D eigenvalue weighted by atomic mass is 16.3. The van der Waals surface area contributed by atoms with E-state index in [1.54, 1.807) is 11.9 Å². The van der Waals surface area contributed by atoms with Crippen molar-refractivity contribution in [3.05, 3.63) is 17.0 Å². The maximum atomic E-state index is 13.0. The molecule has 8 heteroatoms. The Balaban J connectivity index is 1.87. The fourth-order valence-corrected chi connectivity index (χ4v) is 3.72. The average Bonchev–Trinajstić information content (AvgIpc) is 3.19. The molecule has 0 radical (unpaired) electrons. The Morgan fingerprint density at radius 1 is 1.15 bits per heavy atom. The van der Waals surface area contributed by atoms with Crippen LogP contribution in [0.1, 0.15) is 54.9 Å². The van der Waals surface area contributed by atoms with E-state index in [0.29, 0.717) is 36.6 Å². The van der Waals surface area contributed by atoms with E-state index in [1.807, 2.05) is 18.7 Å². The zero-order chi connectivity index (χ0) is 19.6. The van der Waals surface area contributed by atoms with Crippen LogP contribution in [0.4, 0.5) is 5.95 Å². The molecule has 0 aliphatic carbocycles. The Labute approximate surface area is 160 Å². The number of carbonyl (C=O) groups excluding carboxylic acids is 2. The predicted octanol–water partition coefficient (Wildman–Crippen LogP) is 1.05. The van der Waals surface area contributed by atoms with E-state index < -0.39 is 6.10 Å². The third kappa shape index (κ3) is 4.21. The average molecular weight is 375 g/mol. The van der Waals surface area contributed by atoms with Crippen molar-refractivity contribution in [1.82, 2.24) is 19.8 Å². The lowest BCUT2D eigenvalue weighted by Crippen LogP contribution is -2.44. The van der Waals surface area contributed by atoms with Crippen molar-refractivity contribution in [3.63, 3.8) is 0 Å². The molecule has 0 spiro atoms. The van der Waals surface area contributed by atoms with Crippen LogP contribution in [-0.4, -0.2) is 69.5 Å². The number of hydrogen-bond donors (Lipinski definition) is 2. The lowest BCUT2D eigenvalue weighted by molar-refractivity contribution is -0.142. The van der Waals surface area contributed by atoms with Gasteiger partial charge in [0.1, 0.15) is 11.8 Å². The van der Waals surface area contributed by atoms with E-state index in [4.69, 9.17) is 0 Å². The second-order valence-electron chi connectivity index (χ2n) is 7.73. The van der Waals surface area contributed by atoms with Crippen molar-refractivity contribution in [2.45, 2.75) is 52.2 Å². The van der Waals surface area contributed by atoms with Gasteiger partial charge >= 0.3 is 0 Å². The molecule has 2 aliphatic rings. The maximum absolute atomic E-state index is 13.0. The van der Waals surface area contributed by atoms with Crippen LogP contribution in [-0.2, 0) is 17.8 Å². The summed E-state index contributed by atoms with van der Waals surface area (Å²) < 4.78 is 0. The highest BCUT2D eigenvalue weighted by molar-refractivity contribution is 5.94. The van der Waals surface area contributed by atoms with Crippen LogP contribution in [0.15, 0.2) is 0 Å². The normalized spacial score (nSPS) is 17.8. The standard InChI is InChI=1S/C19H29N5O3/c1-12(2)10-15(25)17(26)24-9-6-14-13(11-24)16(22-19(20-3)21-14)18(27)23-7-4-5-8-23/h12,15,25H,4-11H2,1-3H3,(H,20,21,22). The SMILES string of the molecule is CNc1nc2c(c(C(=O)N3CCCC3)n1)CN(C(=O)C(O)CC(C)C)CC2. The third-order valence-electron chi connectivity index (χ3n) is 5.17. The molecule has 3 heterocycles. The van der Waals surface area contributed by atoms with Crippen LogP contribution in [0, 0.1) is 5.92 Å². The van der Waals surface area contributed by atoms with E-state index in [2.05, 4.69) is 15.3 Å². The number of nitrogens with one attached hydrogen (secondary N) is 1. The second-order valence-corrected chi connectivity index (χ2v) is 7.73. The number of aliphatic hydroxyl groups excluding tert-OH is 1. The molecule has 1 unspecified atom stereocenters. The van der Waals surface area contributed by atoms with E-state index in [0.717, 1.165) is 31.6 Å². The zero-order valence-electron chi connectivity index (χ0n) is 16.4. The van der Waals surface area contributed by atoms with Crippen molar-refractivity contribution < 1.29 is 14.7 Å². The summed E-state index contributed by atoms with van der Waals surface area (Å²) in [5.41, 5.74) is 1.89. The van der Waals surface area contributed by atoms with Gasteiger partial charge in [0.25, 0.3) is 11.8 Å². The largest absolute Gasteiger partial charge is 0.383 e. The fraction of sp³-hybridized carbons (Fsp3) is 0.684. The van der Waals surface area contributed by atoms with Crippen molar-refractivity contribution in [3.8, 4) is 0 Å². The number of aromatic nitrogens is 2. The number of hydrogen-bond acceptors (Lipinski definition) is 6. The van der Waals surface area contributed by atoms with Gasteiger partial charge in [0.2, 0.25) is 5.95 Å². The summed E-state index contributed by atoms with van der Waals surface area (Å²) in [6.07, 6.45) is 1.97. The molecular formula is C19H29N5O3. The molecule has 1 aromatic rings. The summed E-state index contributed by atoms with van der Waals surface area (Å²) in [7, 11) is 1.73. The van der Waals surface area contributed by atoms with Crippen LogP contribution in [0.25, 0.3) is 0 Å². The zero-order valence-corrected chi connectivity index (χ0v) is 16.4. The van der Waals surface area contributed by atoms with Crippen molar-refractivity contribution in [2.24, 2.45) is 5.92 Å². The van der Waals surface area contributed by atoms with Crippen molar-refractivity contribution >= 4 is 17.8 Å². The molecule has 1 saturated heterocycles. The monoisotopic (exact) mass is 375 g/mol. The molecule has 0 saturated carbocycles. The van der Waals surface area contributed by atoms with Crippen LogP contribution in [0.3, 0.4) is 0 Å². The van der Waals surface area contributed by atoms with Gasteiger partial charge in [-0.3, -0.25) is 9.59 Å². The molecule has 8 nitrogen and oxygen atoms in total. The lowest BCUT2D eigenvalue weighted by atomic mass is 10.0. The molecule has 0 aromatic carbocycles. The fourth-order valence-electron chi connectivity index (χ4n) is 3.72. The quantitative estimate of drug-likeness (QED) is 0.798. The number of carbonyl (C=O) groups is 2. The van der Waals surface area contributed by atoms with Gasteiger partial charge in [-0.05, 0) is 25.2 Å². The highest BCUT2D eigenvalue weighted by Crippen LogP contribution is 2.25. The third-order valence-corrected chi connectivity index (χ3v) is 5.17. The molecule has 0 bridgehead atoms. The highest BCUT2D eigenvalue weighted by Gasteiger charge is 2.32. The summed E-state index contributed by atoms with van der Waals surface area (Å²) in [6, 6.07) is 0. The number of nitrogens with zero attached hydrogens (tertiary/aromatic N) is 4. The summed E-state index contributed by atoms with van der Waals surface area (Å²) in [5.74, 6) is 0.275. The first-order valence-corrected chi connectivity index (χ1v) is 9.74. The minimum atomic E-state index is -1.01. The smallest absolute Gasteiger partial charge is 0.273 e. The molecule has 3 rings (SSSR count). The van der Waals surface area contributed by atoms with Crippen LogP contribution in [0.5, 0.6) is 0 Å². The van der Waals surface area contributed by atoms with Gasteiger partial charge in [-0.25, -0.2) is 9.97 Å². The summed E-state index contributed by atoms with van der Waals surface area (Å²) in [6.45, 7) is 6.18. The lowest BCUT2D eigenvalue weighted by Gasteiger charge is -2.31. The van der Waals surface area contributed by atoms with Gasteiger partial charge < -0.3 is 20.2 Å². The molecular weight excluding hydrogens is 346 g/mol. The number of fused-ring (bicyclic) bond motifs is 1. The molecule has 2 N–H and O–H groups in total. The number of likely N-dealkylation sites (tertiary alicyclic amines) is 1. The molecule has 1 fully saturated rings. The van der Waals surface area contributed by atoms with Gasteiger partial charge in [0.15, 0.2) is 0 Å². The summed E-state index contributed by atoms with van der Waals surface area (Å²) in [4.78, 5) is 38.0. The topological polar surface area (TPSA) is 98.7 Å². The van der Waals surface area contributed by atoms with Crippen LogP contribution >= 0.6 is 0 Å². The summed E-state index contributed by atoms with van der Waals surface area (Å²) in [5, 5.41) is 13.1. The van der Waals surface area contributed by atoms with E-state index in [9.17, 15) is 14.7 Å². The van der Waals surface area contributed by atoms with Gasteiger partial charge in [0, 0.05) is 45.2 Å². The predicted molar refractivity (Wildman–Crippen MR) is 101 cm³/mol. The Morgan fingerprint density at radius 2 is 1.85 bits per heavy atom. The number of rotatable bonds is 5. The van der Waals surface area contributed by atoms with Crippen molar-refractivity contribution in [2.75, 3.05) is 32.0 Å². The maximum Gasteiger partial charge on any atom is 0.273 e. The van der Waals surface area contributed by atoms with E-state index in [-0.39, 0.29) is 24.3 Å². The van der Waals surface area contributed by atoms with E-state index in [1.165, 1.54) is 0 Å². The van der Waals surface area contributed by atoms with Gasteiger partial charge in [-0.2, -0.15) is 0 Å². The Kier molecular flexibility index (Phi) is 5.94. The molecule has 27 heavy (non-hydrogen) atoms. The molecule has 1 aromatic heterocycles. The first-order valence-electron chi connectivity index (χ1n) is 9.74. The second kappa shape index (κ2) is 8.21. The molecule has 148 valence electrons. The number of amides is 2. The first kappa shape index (κ1) is 19.5. The van der Waals surface area contributed by atoms with Gasteiger partial charge in [0.05, 0.1) is 5.69 Å². The minimum absolute atomic E-state index is 0.0975. The first-order chi connectivity index (χ1) is 12.9. The van der Waals surface area contributed by atoms with Gasteiger partial charge in [-0.1, -0.05) is 13.8 Å². The molecule has 2 aliphatic heterocycles. The number of anilines is 1. The Hall–Kier alpha value is -2.22. The Morgan fingerprint density at radius 3 is 2.48 bits per heavy atom. The van der Waals surface area contributed by atoms with Crippen LogP contribution < -0.4 is 5.32 Å². The molecule has 2 amide bonds. The van der Waals surface area contributed by atoms with Crippen LogP contribution in [0.2, 0.25) is 0 Å². The van der Waals surface area contributed by atoms with Crippen molar-refractivity contribution in [1.29, 1.82) is 0 Å².